The summed E-state index contributed by atoms with van der Waals surface area (Å²) >= 11 is 12.7. The standard InChI is InChI=1S/C26H22Cl2N4O5S/c1-14(33)31(15(2)34)26-20(13-29)24(19-11-6-16(27)12-21(19)28)25-22(4-3-5-23(25)35)32(26)17-7-9-18(10-8-17)38(30,36)37/h6-12,24H,3-5H2,1-2H3,(H2,30,36,37). The fraction of sp³-hybridized carbons (Fsp3) is 0.231. The Morgan fingerprint density at radius 2 is 1.71 bits per heavy atom. The number of nitriles is 1. The summed E-state index contributed by atoms with van der Waals surface area (Å²) in [6.45, 7) is 2.37. The van der Waals surface area contributed by atoms with Crippen molar-refractivity contribution in [3.8, 4) is 6.07 Å². The van der Waals surface area contributed by atoms with Crippen LogP contribution in [0.15, 0.2) is 70.0 Å². The van der Waals surface area contributed by atoms with Gasteiger partial charge >= 0.3 is 0 Å². The molecule has 196 valence electrons. The number of rotatable bonds is 4. The van der Waals surface area contributed by atoms with Crippen LogP contribution >= 0.6 is 23.2 Å². The Bertz CT molecular complexity index is 1580. The number of benzene rings is 2. The average molecular weight is 573 g/mol. The quantitative estimate of drug-likeness (QED) is 0.572. The van der Waals surface area contributed by atoms with Crippen LogP contribution in [0, 0.1) is 11.3 Å². The molecule has 1 aliphatic carbocycles. The van der Waals surface area contributed by atoms with E-state index in [2.05, 4.69) is 6.07 Å². The van der Waals surface area contributed by atoms with Crippen LogP contribution in [0.4, 0.5) is 5.69 Å². The zero-order chi connectivity index (χ0) is 27.9. The van der Waals surface area contributed by atoms with Crippen molar-refractivity contribution in [2.24, 2.45) is 5.14 Å². The topological polar surface area (TPSA) is 142 Å². The van der Waals surface area contributed by atoms with Crippen molar-refractivity contribution < 1.29 is 22.8 Å². The number of Topliss-reactive ketones (excluding diaryl/α,β-unsaturated/α-hetero) is 1. The van der Waals surface area contributed by atoms with Crippen LogP contribution in [0.5, 0.6) is 0 Å². The van der Waals surface area contributed by atoms with Crippen LogP contribution < -0.4 is 10.0 Å². The molecule has 0 radical (unpaired) electrons. The van der Waals surface area contributed by atoms with Crippen LogP contribution in [-0.4, -0.2) is 30.9 Å². The largest absolute Gasteiger partial charge is 0.299 e. The van der Waals surface area contributed by atoms with Crippen molar-refractivity contribution in [2.45, 2.75) is 43.9 Å². The smallest absolute Gasteiger partial charge is 0.238 e. The number of primary sulfonamides is 1. The van der Waals surface area contributed by atoms with Gasteiger partial charge in [0.2, 0.25) is 21.8 Å². The van der Waals surface area contributed by atoms with Gasteiger partial charge in [-0.15, -0.1) is 0 Å². The molecule has 0 fully saturated rings. The maximum absolute atomic E-state index is 13.4. The van der Waals surface area contributed by atoms with E-state index < -0.39 is 27.8 Å². The van der Waals surface area contributed by atoms with E-state index in [9.17, 15) is 28.1 Å². The monoisotopic (exact) mass is 572 g/mol. The number of ketones is 1. The van der Waals surface area contributed by atoms with Crippen molar-refractivity contribution in [1.82, 2.24) is 4.90 Å². The predicted octanol–water partition coefficient (Wildman–Crippen LogP) is 4.38. The van der Waals surface area contributed by atoms with Gasteiger partial charge in [-0.25, -0.2) is 18.5 Å². The van der Waals surface area contributed by atoms with E-state index in [1.807, 2.05) is 0 Å². The first-order valence-corrected chi connectivity index (χ1v) is 13.8. The Morgan fingerprint density at radius 1 is 1.08 bits per heavy atom. The first kappa shape index (κ1) is 27.5. The number of allylic oxidation sites excluding steroid dienone is 3. The molecule has 9 nitrogen and oxygen atoms in total. The molecular formula is C26H22Cl2N4O5S. The molecule has 1 unspecified atom stereocenters. The van der Waals surface area contributed by atoms with E-state index in [0.717, 1.165) is 4.90 Å². The normalized spacial score (nSPS) is 17.7. The van der Waals surface area contributed by atoms with Gasteiger partial charge in [-0.2, -0.15) is 5.26 Å². The van der Waals surface area contributed by atoms with Gasteiger partial charge in [0.05, 0.1) is 22.5 Å². The number of nitrogens with two attached hydrogens (primary N) is 1. The summed E-state index contributed by atoms with van der Waals surface area (Å²) in [6, 6.07) is 12.2. The molecule has 12 heteroatoms. The molecule has 2 amide bonds. The SMILES string of the molecule is CC(=O)N(C(C)=O)C1=C(C#N)C(c2ccc(Cl)cc2Cl)C2=C(CCCC2=O)N1c1ccc(S(N)(=O)=O)cc1. The number of hydrogen-bond acceptors (Lipinski definition) is 7. The maximum atomic E-state index is 13.4. The summed E-state index contributed by atoms with van der Waals surface area (Å²) in [4.78, 5) is 41.2. The minimum Gasteiger partial charge on any atom is -0.299 e. The molecule has 2 aliphatic rings. The van der Waals surface area contributed by atoms with Gasteiger partial charge in [0, 0.05) is 47.3 Å². The number of carbonyl (C=O) groups excluding carboxylic acids is 3. The molecule has 0 saturated heterocycles. The Hall–Kier alpha value is -3.49. The Balaban J connectivity index is 2.11. The molecule has 2 aromatic rings. The number of nitrogens with zero attached hydrogens (tertiary/aromatic N) is 3. The first-order valence-electron chi connectivity index (χ1n) is 11.5. The van der Waals surface area contributed by atoms with E-state index in [4.69, 9.17) is 28.3 Å². The number of halogens is 2. The lowest BCUT2D eigenvalue weighted by Crippen LogP contribution is -2.46. The van der Waals surface area contributed by atoms with Crippen molar-refractivity contribution in [2.75, 3.05) is 4.90 Å². The van der Waals surface area contributed by atoms with Crippen molar-refractivity contribution in [1.29, 1.82) is 5.26 Å². The van der Waals surface area contributed by atoms with Gasteiger partial charge in [0.25, 0.3) is 0 Å². The third-order valence-corrected chi connectivity index (χ3v) is 7.88. The van der Waals surface area contributed by atoms with Crippen molar-refractivity contribution in [3.63, 3.8) is 0 Å². The summed E-state index contributed by atoms with van der Waals surface area (Å²) in [7, 11) is -4.00. The van der Waals surface area contributed by atoms with E-state index in [-0.39, 0.29) is 33.5 Å². The maximum Gasteiger partial charge on any atom is 0.238 e. The number of imide groups is 1. The average Bonchev–Trinajstić information content (AvgIpc) is 2.83. The lowest BCUT2D eigenvalue weighted by atomic mass is 9.75. The summed E-state index contributed by atoms with van der Waals surface area (Å²) in [6.07, 6.45) is 1.10. The van der Waals surface area contributed by atoms with Crippen LogP contribution in [0.2, 0.25) is 10.0 Å². The number of hydrogen-bond donors (Lipinski definition) is 1. The molecule has 0 saturated carbocycles. The molecular weight excluding hydrogens is 551 g/mol. The number of carbonyl (C=O) groups is 3. The second-order valence-electron chi connectivity index (χ2n) is 8.83. The van der Waals surface area contributed by atoms with Crippen molar-refractivity contribution >= 4 is 56.5 Å². The Morgan fingerprint density at radius 3 is 2.24 bits per heavy atom. The molecule has 0 spiro atoms. The zero-order valence-electron chi connectivity index (χ0n) is 20.4. The van der Waals surface area contributed by atoms with Crippen LogP contribution in [-0.2, 0) is 24.4 Å². The molecule has 1 heterocycles. The molecule has 2 aromatic carbocycles. The van der Waals surface area contributed by atoms with E-state index >= 15 is 0 Å². The van der Waals surface area contributed by atoms with Crippen LogP contribution in [0.1, 0.15) is 44.6 Å². The summed E-state index contributed by atoms with van der Waals surface area (Å²) < 4.78 is 23.7. The third kappa shape index (κ3) is 4.86. The number of anilines is 1. The molecule has 0 bridgehead atoms. The fourth-order valence-electron chi connectivity index (χ4n) is 4.89. The highest BCUT2D eigenvalue weighted by atomic mass is 35.5. The van der Waals surface area contributed by atoms with Gasteiger partial charge < -0.3 is 0 Å². The molecule has 38 heavy (non-hydrogen) atoms. The van der Waals surface area contributed by atoms with Gasteiger partial charge in [-0.3, -0.25) is 19.3 Å². The highest BCUT2D eigenvalue weighted by molar-refractivity contribution is 7.89. The summed E-state index contributed by atoms with van der Waals surface area (Å²) in [5.41, 5.74) is 1.48. The second kappa shape index (κ2) is 10.3. The van der Waals surface area contributed by atoms with E-state index in [1.54, 1.807) is 12.1 Å². The van der Waals surface area contributed by atoms with E-state index in [1.165, 1.54) is 49.1 Å². The minimum absolute atomic E-state index is 0.0517. The van der Waals surface area contributed by atoms with Gasteiger partial charge in [0.15, 0.2) is 5.78 Å². The zero-order valence-corrected chi connectivity index (χ0v) is 22.7. The first-order chi connectivity index (χ1) is 17.9. The highest BCUT2D eigenvalue weighted by Crippen LogP contribution is 2.49. The van der Waals surface area contributed by atoms with Crippen LogP contribution in [0.3, 0.4) is 0 Å². The fourth-order valence-corrected chi connectivity index (χ4v) is 5.93. The van der Waals surface area contributed by atoms with Gasteiger partial charge in [-0.1, -0.05) is 29.3 Å². The van der Waals surface area contributed by atoms with Crippen LogP contribution in [0.25, 0.3) is 0 Å². The Kier molecular flexibility index (Phi) is 7.50. The number of amides is 2. The summed E-state index contributed by atoms with van der Waals surface area (Å²) in [5, 5.41) is 16.3. The number of sulfonamides is 1. The molecule has 4 rings (SSSR count). The summed E-state index contributed by atoms with van der Waals surface area (Å²) in [5.74, 6) is -2.54. The Labute approximate surface area is 229 Å². The lowest BCUT2D eigenvalue weighted by Gasteiger charge is -2.43. The minimum atomic E-state index is -4.00. The second-order valence-corrected chi connectivity index (χ2v) is 11.2. The predicted molar refractivity (Wildman–Crippen MR) is 141 cm³/mol. The van der Waals surface area contributed by atoms with Crippen molar-refractivity contribution in [3.05, 3.63) is 80.7 Å². The molecule has 0 aromatic heterocycles. The molecule has 1 aliphatic heterocycles. The third-order valence-electron chi connectivity index (χ3n) is 6.39. The van der Waals surface area contributed by atoms with Gasteiger partial charge in [-0.05, 0) is 54.8 Å². The van der Waals surface area contributed by atoms with E-state index in [0.29, 0.717) is 40.4 Å². The lowest BCUT2D eigenvalue weighted by molar-refractivity contribution is -0.139. The van der Waals surface area contributed by atoms with Gasteiger partial charge in [0.1, 0.15) is 5.82 Å². The molecule has 2 N–H and O–H groups in total. The molecule has 1 atom stereocenters. The highest BCUT2D eigenvalue weighted by Gasteiger charge is 2.44.